The van der Waals surface area contributed by atoms with Gasteiger partial charge in [-0.05, 0) is 217 Å². The number of likely N-dealkylation sites (tertiary alicyclic amines) is 1. The van der Waals surface area contributed by atoms with Crippen LogP contribution in [0.1, 0.15) is 207 Å². The van der Waals surface area contributed by atoms with Crippen molar-refractivity contribution in [3.63, 3.8) is 0 Å². The molecule has 6 fully saturated rings. The Kier molecular flexibility index (Phi) is 15.4. The molecule has 1 heterocycles. The van der Waals surface area contributed by atoms with Gasteiger partial charge >= 0.3 is 6.18 Å². The maximum Gasteiger partial charge on any atom is 0.395 e. The highest BCUT2D eigenvalue weighted by molar-refractivity contribution is 5.41. The summed E-state index contributed by atoms with van der Waals surface area (Å²) in [4.78, 5) is 5.85. The summed E-state index contributed by atoms with van der Waals surface area (Å²) in [6.07, 6.45) is 57.2. The average Bonchev–Trinajstić information content (AvgIpc) is 4.02. The molecule has 1 saturated heterocycles. The Morgan fingerprint density at radius 1 is 0.667 bits per heavy atom. The lowest BCUT2D eigenvalue weighted by atomic mass is 9.50. The van der Waals surface area contributed by atoms with Crippen LogP contribution < -0.4 is 0 Å². The summed E-state index contributed by atoms with van der Waals surface area (Å²) in [6.45, 7) is 13.6. The Morgan fingerprint density at radius 3 is 2.13 bits per heavy atom. The summed E-state index contributed by atoms with van der Waals surface area (Å²) >= 11 is 0. The van der Waals surface area contributed by atoms with Crippen LogP contribution in [0.25, 0.3) is 0 Å². The molecular weight excluding hydrogens is 930 g/mol. The van der Waals surface area contributed by atoms with Crippen molar-refractivity contribution < 1.29 is 17.9 Å². The number of ether oxygens (including phenoxy) is 1. The quantitative estimate of drug-likeness (QED) is 0.203. The van der Waals surface area contributed by atoms with E-state index in [0.717, 1.165) is 87.2 Å². The second-order valence-electron chi connectivity index (χ2n) is 28.6. The molecule has 0 N–H and O–H groups in total. The number of hydrogen-bond acceptors (Lipinski definition) is 3. The minimum Gasteiger partial charge on any atom is -0.371 e. The Morgan fingerprint density at radius 2 is 1.44 bits per heavy atom. The molecule has 12 aliphatic rings. The van der Waals surface area contributed by atoms with Crippen molar-refractivity contribution >= 4 is 0 Å². The molecule has 16 atom stereocenters. The topological polar surface area (TPSA) is 15.7 Å². The first kappa shape index (κ1) is 53.1. The number of alkyl halides is 3. The van der Waals surface area contributed by atoms with Gasteiger partial charge in [0.2, 0.25) is 0 Å². The van der Waals surface area contributed by atoms with Gasteiger partial charge in [0.1, 0.15) is 0 Å². The van der Waals surface area contributed by atoms with E-state index in [1.54, 1.807) is 22.8 Å². The maximum atomic E-state index is 14.5. The first-order chi connectivity index (χ1) is 36.3. The van der Waals surface area contributed by atoms with Gasteiger partial charge in [0.25, 0.3) is 0 Å². The monoisotopic (exact) mass is 1030 g/mol. The van der Waals surface area contributed by atoms with Gasteiger partial charge < -0.3 is 9.64 Å². The van der Waals surface area contributed by atoms with Crippen LogP contribution in [0, 0.1) is 75.9 Å². The number of nitrogens with zero attached hydrogens (tertiary/aromatic N) is 2. The molecule has 0 aromatic rings. The van der Waals surface area contributed by atoms with Crippen LogP contribution in [0.15, 0.2) is 95.8 Å². The van der Waals surface area contributed by atoms with E-state index in [-0.39, 0.29) is 42.0 Å². The standard InChI is InChI=1S/C69H99F3N2O/c1-6-46-20-35-56(36-21-46)75-57-37-29-51(30-38-57)68(50-27-25-49(26-28-50)67(3,4)5)62-18-12-10-16-58(62)59-39-34-55(44-63(59)68)73(64-41-31-52(42-45(64)2)69(70,71)72)54-32-22-47(23-33-54)48-24-40-66-61(43-48)60-17-11-13-19-65(60)74(66)53-14-8-7-9-15-53/h6,20,22,29,31-32,34-35,39,41,43,45-46,49-50,52-53,55-66H,1,7-19,21,23-28,30,33,36-38,40,42,44H2,2-5H3. The van der Waals surface area contributed by atoms with Gasteiger partial charge in [0.05, 0.1) is 24.2 Å². The first-order valence-electron chi connectivity index (χ1n) is 32.0. The van der Waals surface area contributed by atoms with Crippen LogP contribution in [-0.4, -0.2) is 58.4 Å². The molecule has 0 spiro atoms. The molecule has 5 saturated carbocycles. The van der Waals surface area contributed by atoms with E-state index >= 15 is 0 Å². The molecule has 6 heteroatoms. The molecule has 12 rings (SSSR count). The smallest absolute Gasteiger partial charge is 0.371 e. The average molecular weight is 1030 g/mol. The maximum absolute atomic E-state index is 14.5. The molecule has 0 amide bonds. The van der Waals surface area contributed by atoms with E-state index in [1.807, 2.05) is 6.08 Å². The first-order valence-corrected chi connectivity index (χ1v) is 32.0. The molecule has 412 valence electrons. The highest BCUT2D eigenvalue weighted by atomic mass is 19.4. The summed E-state index contributed by atoms with van der Waals surface area (Å²) in [5.74, 6) is 4.51. The number of rotatable bonds is 10. The second kappa shape index (κ2) is 21.8. The fraction of sp³-hybridized carbons (Fsp3) is 0.768. The van der Waals surface area contributed by atoms with Gasteiger partial charge in [-0.2, -0.15) is 13.2 Å². The van der Waals surface area contributed by atoms with E-state index < -0.39 is 12.1 Å². The summed E-state index contributed by atoms with van der Waals surface area (Å²) < 4.78 is 50.5. The van der Waals surface area contributed by atoms with Crippen molar-refractivity contribution in [2.24, 2.45) is 75.9 Å². The third-order valence-electron chi connectivity index (χ3n) is 23.9. The fourth-order valence-electron chi connectivity index (χ4n) is 20.5. The molecule has 75 heavy (non-hydrogen) atoms. The Balaban J connectivity index is 0.878. The molecule has 1 aliphatic heterocycles. The molecule has 16 unspecified atom stereocenters. The second-order valence-corrected chi connectivity index (χ2v) is 28.6. The SMILES string of the molecule is C=CC1C=CC(OC2CC=C(C3(C4CCC(C(C)(C)C)CC4)C4CC(N(C5=CC=C(C6=CC7C8CCCCC8N(C8CCCCC8)C7CC6)CC5)C5C=CC(C(F)(F)F)CC5C)C=CC4C4CCCCC43)CC2)CC1. The molecule has 0 radical (unpaired) electrons. The summed E-state index contributed by atoms with van der Waals surface area (Å²) in [7, 11) is 0. The summed E-state index contributed by atoms with van der Waals surface area (Å²) in [5, 5.41) is 0. The third-order valence-corrected chi connectivity index (χ3v) is 23.9. The number of fused-ring (bicyclic) bond motifs is 6. The van der Waals surface area contributed by atoms with Gasteiger partial charge in [-0.1, -0.05) is 139 Å². The number of halogens is 3. The molecular formula is C69H99F3N2O. The van der Waals surface area contributed by atoms with Gasteiger partial charge in [0, 0.05) is 35.3 Å². The van der Waals surface area contributed by atoms with Crippen molar-refractivity contribution in [3.05, 3.63) is 95.8 Å². The molecule has 11 aliphatic carbocycles. The van der Waals surface area contributed by atoms with Crippen molar-refractivity contribution in [2.75, 3.05) is 0 Å². The van der Waals surface area contributed by atoms with Crippen molar-refractivity contribution in [1.29, 1.82) is 0 Å². The number of allylic oxidation sites excluding steroid dienone is 10. The van der Waals surface area contributed by atoms with Crippen LogP contribution in [0.5, 0.6) is 0 Å². The van der Waals surface area contributed by atoms with Crippen LogP contribution >= 0.6 is 0 Å². The van der Waals surface area contributed by atoms with E-state index in [1.165, 1.54) is 128 Å². The Labute approximate surface area is 453 Å². The van der Waals surface area contributed by atoms with Crippen molar-refractivity contribution in [1.82, 2.24) is 9.80 Å². The lowest BCUT2D eigenvalue weighted by Gasteiger charge is -2.55. The van der Waals surface area contributed by atoms with Crippen LogP contribution in [0.4, 0.5) is 13.2 Å². The predicted molar refractivity (Wildman–Crippen MR) is 303 cm³/mol. The minimum atomic E-state index is -4.21. The largest absolute Gasteiger partial charge is 0.395 e. The van der Waals surface area contributed by atoms with Crippen LogP contribution in [-0.2, 0) is 4.74 Å². The highest BCUT2D eigenvalue weighted by Crippen LogP contribution is 2.71. The number of hydrogen-bond donors (Lipinski definition) is 0. The zero-order valence-electron chi connectivity index (χ0n) is 47.2. The molecule has 0 aromatic carbocycles. The minimum absolute atomic E-state index is 0.0548. The van der Waals surface area contributed by atoms with E-state index in [0.29, 0.717) is 40.9 Å². The third kappa shape index (κ3) is 10.1. The van der Waals surface area contributed by atoms with Gasteiger partial charge in [0.15, 0.2) is 0 Å². The normalized spacial score (nSPS) is 43.6. The highest BCUT2D eigenvalue weighted by Gasteiger charge is 2.65. The van der Waals surface area contributed by atoms with E-state index in [4.69, 9.17) is 4.74 Å². The summed E-state index contributed by atoms with van der Waals surface area (Å²) in [5.41, 5.74) is 6.82. The lowest BCUT2D eigenvalue weighted by molar-refractivity contribution is -0.167. The van der Waals surface area contributed by atoms with Crippen molar-refractivity contribution in [2.45, 2.75) is 256 Å². The zero-order chi connectivity index (χ0) is 51.6. The Bertz CT molecular complexity index is 2260. The lowest BCUT2D eigenvalue weighted by Crippen LogP contribution is -2.51. The molecule has 0 aromatic heterocycles. The van der Waals surface area contributed by atoms with Gasteiger partial charge in [-0.25, -0.2) is 0 Å². The Hall–Kier alpha value is -2.57. The zero-order valence-corrected chi connectivity index (χ0v) is 47.2. The summed E-state index contributed by atoms with van der Waals surface area (Å²) in [6, 6.07) is 2.42. The van der Waals surface area contributed by atoms with Gasteiger partial charge in [-0.3, -0.25) is 4.90 Å². The predicted octanol–water partition coefficient (Wildman–Crippen LogP) is 18.2. The van der Waals surface area contributed by atoms with Crippen molar-refractivity contribution in [3.8, 4) is 0 Å². The van der Waals surface area contributed by atoms with Crippen LogP contribution in [0.2, 0.25) is 0 Å². The molecule has 0 bridgehead atoms. The van der Waals surface area contributed by atoms with Crippen LogP contribution in [0.3, 0.4) is 0 Å². The van der Waals surface area contributed by atoms with E-state index in [9.17, 15) is 13.2 Å². The van der Waals surface area contributed by atoms with E-state index in [2.05, 4.69) is 98.8 Å². The molecule has 3 nitrogen and oxygen atoms in total. The fourth-order valence-corrected chi connectivity index (χ4v) is 20.5. The van der Waals surface area contributed by atoms with Gasteiger partial charge in [-0.15, -0.1) is 6.58 Å².